The Labute approximate surface area is 259 Å². The van der Waals surface area contributed by atoms with E-state index in [1.165, 1.54) is 64.2 Å². The van der Waals surface area contributed by atoms with Crippen molar-refractivity contribution in [2.75, 3.05) is 40.9 Å². The third-order valence-corrected chi connectivity index (χ3v) is 8.47. The molecule has 3 atom stereocenters. The summed E-state index contributed by atoms with van der Waals surface area (Å²) in [6.07, 6.45) is 25.1. The molecule has 0 aliphatic carbocycles. The lowest BCUT2D eigenvalue weighted by Crippen LogP contribution is -2.46. The molecule has 0 fully saturated rings. The van der Waals surface area contributed by atoms with Crippen molar-refractivity contribution < 1.29 is 32.9 Å². The summed E-state index contributed by atoms with van der Waals surface area (Å²) in [7, 11) is 1.29. The minimum atomic E-state index is -4.54. The molecular weight excluding hydrogens is 551 g/mol. The number of nitrogens with zero attached hydrogens (tertiary/aromatic N) is 1. The second-order valence-corrected chi connectivity index (χ2v) is 14.3. The number of nitrogens with one attached hydrogen (secondary N) is 1. The Morgan fingerprint density at radius 1 is 0.810 bits per heavy atom. The summed E-state index contributed by atoms with van der Waals surface area (Å²) in [5.74, 6) is -0.181. The third kappa shape index (κ3) is 28.0. The number of amides is 1. The van der Waals surface area contributed by atoms with Gasteiger partial charge >= 0.3 is 0 Å². The predicted molar refractivity (Wildman–Crippen MR) is 173 cm³/mol. The molecule has 2 N–H and O–H groups in total. The van der Waals surface area contributed by atoms with Crippen molar-refractivity contribution >= 4 is 13.7 Å². The maximum absolute atomic E-state index is 12.7. The van der Waals surface area contributed by atoms with Gasteiger partial charge in [0.25, 0.3) is 7.82 Å². The van der Waals surface area contributed by atoms with Crippen LogP contribution in [0.2, 0.25) is 0 Å². The molecule has 0 aliphatic rings. The minimum absolute atomic E-state index is 0.0111. The highest BCUT2D eigenvalue weighted by molar-refractivity contribution is 7.45. The molecule has 8 nitrogen and oxygen atoms in total. The summed E-state index contributed by atoms with van der Waals surface area (Å²) >= 11 is 0. The minimum Gasteiger partial charge on any atom is -0.756 e. The maximum Gasteiger partial charge on any atom is 0.268 e. The molecule has 0 saturated heterocycles. The highest BCUT2D eigenvalue weighted by Gasteiger charge is 2.24. The number of phosphoric ester groups is 1. The van der Waals surface area contributed by atoms with E-state index in [1.54, 1.807) is 0 Å². The lowest BCUT2D eigenvalue weighted by Gasteiger charge is -2.30. The Morgan fingerprint density at radius 2 is 1.31 bits per heavy atom. The van der Waals surface area contributed by atoms with Crippen molar-refractivity contribution in [3.63, 3.8) is 0 Å². The van der Waals surface area contributed by atoms with Crippen LogP contribution >= 0.6 is 7.82 Å². The number of carbonyl (C=O) groups is 1. The molecule has 0 radical (unpaired) electrons. The van der Waals surface area contributed by atoms with Gasteiger partial charge in [-0.3, -0.25) is 9.36 Å². The molecule has 0 heterocycles. The van der Waals surface area contributed by atoms with Gasteiger partial charge in [-0.2, -0.15) is 0 Å². The number of hydrogen-bond donors (Lipinski definition) is 2. The number of aliphatic hydroxyl groups excluding tert-OH is 1. The van der Waals surface area contributed by atoms with Gasteiger partial charge in [0.05, 0.1) is 39.9 Å². The Hall–Kier alpha value is -0.760. The third-order valence-electron chi connectivity index (χ3n) is 7.50. The van der Waals surface area contributed by atoms with Crippen molar-refractivity contribution in [1.82, 2.24) is 5.32 Å². The zero-order valence-electron chi connectivity index (χ0n) is 28.0. The van der Waals surface area contributed by atoms with Crippen LogP contribution in [0.4, 0.5) is 0 Å². The second kappa shape index (κ2) is 26.6. The number of allylic oxidation sites excluding steroid dienone is 2. The SMILES string of the molecule is CCCCCC/C=C\CCCCCCCC(=O)NC(COP(=O)([O-])OCC[N+](C)(C)C)C(O)CCCCCCCCC. The van der Waals surface area contributed by atoms with E-state index in [4.69, 9.17) is 9.05 Å². The first kappa shape index (κ1) is 41.2. The van der Waals surface area contributed by atoms with Crippen LogP contribution in [0.15, 0.2) is 12.2 Å². The Kier molecular flexibility index (Phi) is 26.1. The van der Waals surface area contributed by atoms with Crippen LogP contribution in [0.1, 0.15) is 142 Å². The molecule has 0 aromatic rings. The quantitative estimate of drug-likeness (QED) is 0.0375. The fourth-order valence-electron chi connectivity index (χ4n) is 4.68. The molecule has 3 unspecified atom stereocenters. The molecule has 0 aromatic carbocycles. The molecule has 0 saturated carbocycles. The van der Waals surface area contributed by atoms with Gasteiger partial charge < -0.3 is 28.8 Å². The lowest BCUT2D eigenvalue weighted by atomic mass is 10.0. The summed E-state index contributed by atoms with van der Waals surface area (Å²) in [5.41, 5.74) is 0. The van der Waals surface area contributed by atoms with E-state index >= 15 is 0 Å². The number of rotatable bonds is 30. The standard InChI is InChI=1S/C33H67N2O6P/c1-6-8-10-12-14-15-16-17-18-19-21-23-25-27-33(37)34-31(32(36)26-24-22-20-13-11-9-7-2)30-41-42(38,39)40-29-28-35(3,4)5/h15-16,31-32,36H,6-14,17-30H2,1-5H3,(H-,34,37,38,39)/b16-15-. The van der Waals surface area contributed by atoms with Gasteiger partial charge in [-0.15, -0.1) is 0 Å². The van der Waals surface area contributed by atoms with Crippen molar-refractivity contribution in [2.24, 2.45) is 0 Å². The smallest absolute Gasteiger partial charge is 0.268 e. The maximum atomic E-state index is 12.7. The zero-order valence-corrected chi connectivity index (χ0v) is 28.9. The Bertz CT molecular complexity index is 713. The Morgan fingerprint density at radius 3 is 1.88 bits per heavy atom. The van der Waals surface area contributed by atoms with Crippen LogP contribution < -0.4 is 10.2 Å². The van der Waals surface area contributed by atoms with E-state index in [2.05, 4.69) is 31.3 Å². The normalized spacial score (nSPS) is 15.1. The zero-order chi connectivity index (χ0) is 31.5. The van der Waals surface area contributed by atoms with Crippen LogP contribution in [-0.4, -0.2) is 68.5 Å². The van der Waals surface area contributed by atoms with Crippen molar-refractivity contribution in [3.05, 3.63) is 12.2 Å². The molecule has 0 rings (SSSR count). The topological polar surface area (TPSA) is 108 Å². The first-order chi connectivity index (χ1) is 20.0. The monoisotopic (exact) mass is 618 g/mol. The van der Waals surface area contributed by atoms with Crippen LogP contribution in [0.3, 0.4) is 0 Å². The average Bonchev–Trinajstić information content (AvgIpc) is 2.92. The first-order valence-electron chi connectivity index (χ1n) is 17.0. The molecule has 0 aliphatic heterocycles. The molecule has 42 heavy (non-hydrogen) atoms. The number of aliphatic hydroxyl groups is 1. The molecule has 9 heteroatoms. The number of phosphoric acid groups is 1. The summed E-state index contributed by atoms with van der Waals surface area (Å²) in [4.78, 5) is 25.0. The fourth-order valence-corrected chi connectivity index (χ4v) is 5.40. The molecule has 0 spiro atoms. The van der Waals surface area contributed by atoms with Crippen LogP contribution in [0.5, 0.6) is 0 Å². The molecule has 250 valence electrons. The average molecular weight is 619 g/mol. The van der Waals surface area contributed by atoms with Gasteiger partial charge in [-0.1, -0.05) is 109 Å². The summed E-state index contributed by atoms with van der Waals surface area (Å²) in [6.45, 7) is 4.61. The Balaban J connectivity index is 4.48. The van der Waals surface area contributed by atoms with E-state index in [1.807, 2.05) is 21.1 Å². The van der Waals surface area contributed by atoms with Crippen LogP contribution in [0.25, 0.3) is 0 Å². The van der Waals surface area contributed by atoms with Crippen molar-refractivity contribution in [3.8, 4) is 0 Å². The van der Waals surface area contributed by atoms with Crippen molar-refractivity contribution in [2.45, 2.75) is 154 Å². The van der Waals surface area contributed by atoms with Crippen LogP contribution in [0, 0.1) is 0 Å². The largest absolute Gasteiger partial charge is 0.756 e. The predicted octanol–water partition coefficient (Wildman–Crippen LogP) is 7.44. The van der Waals surface area contributed by atoms with Gasteiger partial charge in [0.2, 0.25) is 5.91 Å². The van der Waals surface area contributed by atoms with E-state index < -0.39 is 20.0 Å². The number of likely N-dealkylation sites (N-methyl/N-ethyl adjacent to an activating group) is 1. The molecule has 0 bridgehead atoms. The number of carbonyl (C=O) groups excluding carboxylic acids is 1. The summed E-state index contributed by atoms with van der Waals surface area (Å²) in [6, 6.07) is -0.796. The number of unbranched alkanes of at least 4 members (excludes halogenated alkanes) is 15. The first-order valence-corrected chi connectivity index (χ1v) is 18.5. The van der Waals surface area contributed by atoms with Gasteiger partial charge in [-0.25, -0.2) is 0 Å². The van der Waals surface area contributed by atoms with E-state index in [9.17, 15) is 19.4 Å². The number of quaternary nitrogens is 1. The van der Waals surface area contributed by atoms with E-state index in [0.29, 0.717) is 23.9 Å². The molecule has 0 aromatic heterocycles. The highest BCUT2D eigenvalue weighted by atomic mass is 31.2. The molecule has 1 amide bonds. The van der Waals surface area contributed by atoms with Crippen molar-refractivity contribution in [1.29, 1.82) is 0 Å². The molecular formula is C33H67N2O6P. The van der Waals surface area contributed by atoms with E-state index in [-0.39, 0.29) is 19.1 Å². The van der Waals surface area contributed by atoms with Gasteiger partial charge in [0.15, 0.2) is 0 Å². The fraction of sp³-hybridized carbons (Fsp3) is 0.909. The van der Waals surface area contributed by atoms with E-state index in [0.717, 1.165) is 51.4 Å². The number of hydrogen-bond acceptors (Lipinski definition) is 6. The van der Waals surface area contributed by atoms with Gasteiger partial charge in [-0.05, 0) is 38.5 Å². The van der Waals surface area contributed by atoms with Crippen LogP contribution in [-0.2, 0) is 18.4 Å². The second-order valence-electron chi connectivity index (χ2n) is 12.9. The lowest BCUT2D eigenvalue weighted by molar-refractivity contribution is -0.870. The summed E-state index contributed by atoms with van der Waals surface area (Å²) < 4.78 is 23.0. The highest BCUT2D eigenvalue weighted by Crippen LogP contribution is 2.38. The summed E-state index contributed by atoms with van der Waals surface area (Å²) in [5, 5.41) is 13.7. The van der Waals surface area contributed by atoms with Gasteiger partial charge in [0, 0.05) is 6.42 Å². The van der Waals surface area contributed by atoms with Gasteiger partial charge in [0.1, 0.15) is 13.2 Å².